The summed E-state index contributed by atoms with van der Waals surface area (Å²) in [5, 5.41) is 29.5. The van der Waals surface area contributed by atoms with Crippen molar-refractivity contribution in [3.63, 3.8) is 0 Å². The summed E-state index contributed by atoms with van der Waals surface area (Å²) in [6.45, 7) is 0. The van der Waals surface area contributed by atoms with E-state index in [9.17, 15) is 14.8 Å². The minimum Gasteiger partial charge on any atom is -0.478 e. The number of rotatable bonds is 8. The molecule has 0 radical (unpaired) electrons. The second-order valence-corrected chi connectivity index (χ2v) is 9.82. The number of nitrogens with one attached hydrogen (secondary N) is 1. The summed E-state index contributed by atoms with van der Waals surface area (Å²) >= 11 is 7.52. The van der Waals surface area contributed by atoms with Gasteiger partial charge >= 0.3 is 5.97 Å². The summed E-state index contributed by atoms with van der Waals surface area (Å²) < 4.78 is 4.94. The third-order valence-corrected chi connectivity index (χ3v) is 6.97. The van der Waals surface area contributed by atoms with Crippen molar-refractivity contribution in [2.75, 3.05) is 5.32 Å². The fourth-order valence-corrected chi connectivity index (χ4v) is 4.80. The number of carboxylic acid groups (broad SMARTS) is 1. The van der Waals surface area contributed by atoms with Gasteiger partial charge in [-0.05, 0) is 71.9 Å². The van der Waals surface area contributed by atoms with Crippen LogP contribution in [0.15, 0.2) is 66.2 Å². The van der Waals surface area contributed by atoms with Crippen molar-refractivity contribution in [1.29, 1.82) is 0 Å². The normalized spacial score (nSPS) is 13.8. The predicted octanol–water partition coefficient (Wildman–Crippen LogP) is 5.27. The van der Waals surface area contributed by atoms with Crippen molar-refractivity contribution in [2.24, 2.45) is 5.92 Å². The quantitative estimate of drug-likeness (QED) is 0.215. The molecular formula is C26H22ClN4O4S+. The van der Waals surface area contributed by atoms with Crippen LogP contribution in [-0.2, 0) is 4.79 Å². The molecule has 0 spiro atoms. The van der Waals surface area contributed by atoms with Crippen molar-refractivity contribution >= 4 is 40.7 Å². The van der Waals surface area contributed by atoms with Gasteiger partial charge in [0.15, 0.2) is 0 Å². The zero-order valence-electron chi connectivity index (χ0n) is 19.0. The number of carboxylic acids is 1. The first-order valence-corrected chi connectivity index (χ1v) is 12.6. The third kappa shape index (κ3) is 5.22. The molecule has 0 aliphatic heterocycles. The van der Waals surface area contributed by atoms with Crippen molar-refractivity contribution in [2.45, 2.75) is 25.2 Å². The molecule has 1 aliphatic carbocycles. The van der Waals surface area contributed by atoms with E-state index in [0.717, 1.165) is 28.7 Å². The predicted molar refractivity (Wildman–Crippen MR) is 135 cm³/mol. The maximum atomic E-state index is 13.3. The van der Waals surface area contributed by atoms with Crippen LogP contribution in [0, 0.1) is 5.92 Å². The molecule has 36 heavy (non-hydrogen) atoms. The summed E-state index contributed by atoms with van der Waals surface area (Å²) in [5.41, 5.74) is 4.13. The Hall–Kier alpha value is -3.82. The van der Waals surface area contributed by atoms with Gasteiger partial charge in [0, 0.05) is 32.5 Å². The minimum atomic E-state index is -1.03. The van der Waals surface area contributed by atoms with Crippen molar-refractivity contribution < 1.29 is 24.6 Å². The molecule has 1 saturated carbocycles. The monoisotopic (exact) mass is 521 g/mol. The molecule has 5 rings (SSSR count). The molecular weight excluding hydrogens is 500 g/mol. The SMILES string of the molecule is O=C(O)c1ccc(NC(=O)C(CC2CC2)c2ccc(-c3cc(Cl)ccc3-c3csnn3)c[n+]2O)cc1. The molecule has 1 unspecified atom stereocenters. The first kappa shape index (κ1) is 23.9. The van der Waals surface area contributed by atoms with Crippen molar-refractivity contribution in [1.82, 2.24) is 9.59 Å². The van der Waals surface area contributed by atoms with Gasteiger partial charge < -0.3 is 10.4 Å². The van der Waals surface area contributed by atoms with Gasteiger partial charge in [-0.25, -0.2) is 4.79 Å². The number of benzene rings is 2. The van der Waals surface area contributed by atoms with Gasteiger partial charge in [0.25, 0.3) is 0 Å². The van der Waals surface area contributed by atoms with Gasteiger partial charge in [0.2, 0.25) is 17.8 Å². The minimum absolute atomic E-state index is 0.139. The van der Waals surface area contributed by atoms with E-state index in [1.807, 2.05) is 17.5 Å². The first-order valence-electron chi connectivity index (χ1n) is 11.4. The van der Waals surface area contributed by atoms with Crippen LogP contribution in [0.3, 0.4) is 0 Å². The van der Waals surface area contributed by atoms with E-state index in [1.54, 1.807) is 36.5 Å². The standard InChI is InChI=1S/C26H21ClN4O4S/c27-18-6-9-20(23-14-36-30-29-23)21(12-18)17-5-10-24(31(35)13-17)22(11-15-1-2-15)25(32)28-19-7-3-16(4-8-19)26(33)34/h3-10,12-15,22H,1-2,11H2,(H2-,28,32,33,34,35)/p+1. The van der Waals surface area contributed by atoms with Crippen molar-refractivity contribution in [3.8, 4) is 22.4 Å². The number of anilines is 1. The van der Waals surface area contributed by atoms with E-state index in [4.69, 9.17) is 16.7 Å². The lowest BCUT2D eigenvalue weighted by atomic mass is 9.94. The number of hydrogen-bond donors (Lipinski definition) is 3. The molecule has 10 heteroatoms. The van der Waals surface area contributed by atoms with Gasteiger partial charge in [0.05, 0.1) is 11.1 Å². The molecule has 3 N–H and O–H groups in total. The van der Waals surface area contributed by atoms with Gasteiger partial charge in [0.1, 0.15) is 11.6 Å². The highest BCUT2D eigenvalue weighted by molar-refractivity contribution is 7.03. The second-order valence-electron chi connectivity index (χ2n) is 8.77. The number of carbonyl (C=O) groups is 2. The van der Waals surface area contributed by atoms with Crippen LogP contribution in [0.1, 0.15) is 41.2 Å². The Morgan fingerprint density at radius 2 is 1.89 bits per heavy atom. The number of pyridine rings is 1. The molecule has 1 fully saturated rings. The highest BCUT2D eigenvalue weighted by atomic mass is 35.5. The van der Waals surface area contributed by atoms with Crippen LogP contribution in [-0.4, -0.2) is 31.8 Å². The van der Waals surface area contributed by atoms with Crippen molar-refractivity contribution in [3.05, 3.63) is 82.5 Å². The summed E-state index contributed by atoms with van der Waals surface area (Å²) in [6, 6.07) is 15.0. The highest BCUT2D eigenvalue weighted by Crippen LogP contribution is 2.39. The fraction of sp³-hybridized carbons (Fsp3) is 0.192. The van der Waals surface area contributed by atoms with Gasteiger partial charge in [-0.15, -0.1) is 5.10 Å². The first-order chi connectivity index (χ1) is 17.4. The summed E-state index contributed by atoms with van der Waals surface area (Å²) in [5.74, 6) is -1.46. The lowest BCUT2D eigenvalue weighted by molar-refractivity contribution is -0.909. The third-order valence-electron chi connectivity index (χ3n) is 6.23. The zero-order valence-corrected chi connectivity index (χ0v) is 20.5. The Bertz CT molecular complexity index is 1420. The maximum Gasteiger partial charge on any atom is 0.335 e. The molecule has 0 bridgehead atoms. The Kier molecular flexibility index (Phi) is 6.67. The Morgan fingerprint density at radius 1 is 1.11 bits per heavy atom. The lowest BCUT2D eigenvalue weighted by Crippen LogP contribution is -2.39. The molecule has 2 heterocycles. The molecule has 1 aliphatic rings. The van der Waals surface area contributed by atoms with Gasteiger partial charge in [-0.1, -0.05) is 35.0 Å². The fourth-order valence-electron chi connectivity index (χ4n) is 4.17. The summed E-state index contributed by atoms with van der Waals surface area (Å²) in [7, 11) is 0. The number of aromatic carboxylic acids is 1. The molecule has 2 aromatic carbocycles. The molecule has 182 valence electrons. The number of nitrogens with zero attached hydrogens (tertiary/aromatic N) is 3. The van der Waals surface area contributed by atoms with Gasteiger partial charge in [-0.3, -0.25) is 10.0 Å². The Balaban J connectivity index is 1.45. The Labute approximate surface area is 215 Å². The average molecular weight is 522 g/mol. The van der Waals surface area contributed by atoms with Crippen LogP contribution in [0.25, 0.3) is 22.4 Å². The van der Waals surface area contributed by atoms with E-state index < -0.39 is 11.9 Å². The molecule has 2 aromatic heterocycles. The maximum absolute atomic E-state index is 13.3. The zero-order chi connectivity index (χ0) is 25.2. The summed E-state index contributed by atoms with van der Waals surface area (Å²) in [6.07, 6.45) is 4.27. The van der Waals surface area contributed by atoms with E-state index in [0.29, 0.717) is 40.0 Å². The van der Waals surface area contributed by atoms with E-state index >= 15 is 0 Å². The highest BCUT2D eigenvalue weighted by Gasteiger charge is 2.36. The molecule has 4 aromatic rings. The molecule has 0 saturated heterocycles. The second kappa shape index (κ2) is 10.0. The number of aromatic nitrogens is 3. The van der Waals surface area contributed by atoms with Crippen LogP contribution in [0.4, 0.5) is 5.69 Å². The van der Waals surface area contributed by atoms with Crippen LogP contribution >= 0.6 is 23.1 Å². The Morgan fingerprint density at radius 3 is 2.53 bits per heavy atom. The van der Waals surface area contributed by atoms with Crippen LogP contribution < -0.4 is 10.0 Å². The smallest absolute Gasteiger partial charge is 0.335 e. The molecule has 1 atom stereocenters. The van der Waals surface area contributed by atoms with E-state index in [1.165, 1.54) is 23.7 Å². The number of amides is 1. The van der Waals surface area contributed by atoms with E-state index in [2.05, 4.69) is 14.9 Å². The lowest BCUT2D eigenvalue weighted by Gasteiger charge is -2.15. The number of hydrogen-bond acceptors (Lipinski definition) is 6. The molecule has 8 nitrogen and oxygen atoms in total. The van der Waals surface area contributed by atoms with E-state index in [-0.39, 0.29) is 11.5 Å². The molecule has 1 amide bonds. The number of carbonyl (C=O) groups excluding carboxylic acids is 1. The summed E-state index contributed by atoms with van der Waals surface area (Å²) in [4.78, 5) is 24.4. The largest absolute Gasteiger partial charge is 0.478 e. The number of halogens is 1. The van der Waals surface area contributed by atoms with Crippen LogP contribution in [0.2, 0.25) is 5.02 Å². The topological polar surface area (TPSA) is 116 Å². The average Bonchev–Trinajstić information content (AvgIpc) is 3.52. The van der Waals surface area contributed by atoms with Gasteiger partial charge in [-0.2, -0.15) is 0 Å². The van der Waals surface area contributed by atoms with Crippen LogP contribution in [0.5, 0.6) is 0 Å².